The van der Waals surface area contributed by atoms with Crippen molar-refractivity contribution in [3.8, 4) is 17.2 Å². The quantitative estimate of drug-likeness (QED) is 0.432. The summed E-state index contributed by atoms with van der Waals surface area (Å²) in [5.74, 6) is 1.28. The normalized spacial score (nSPS) is 19.0. The predicted molar refractivity (Wildman–Crippen MR) is 120 cm³/mol. The van der Waals surface area contributed by atoms with Gasteiger partial charge in [-0.1, -0.05) is 29.8 Å². The smallest absolute Gasteiger partial charge is 0.264 e. The second-order valence-corrected chi connectivity index (χ2v) is 8.44. The van der Waals surface area contributed by atoms with Gasteiger partial charge in [0.15, 0.2) is 5.65 Å². The van der Waals surface area contributed by atoms with Crippen LogP contribution in [0.25, 0.3) is 16.7 Å². The third kappa shape index (κ3) is 2.63. The van der Waals surface area contributed by atoms with Crippen LogP contribution < -0.4 is 15.0 Å². The highest BCUT2D eigenvalue weighted by atomic mass is 35.5. The molecule has 2 atom stereocenters. The number of rotatable bonds is 1. The van der Waals surface area contributed by atoms with Crippen LogP contribution >= 0.6 is 11.6 Å². The highest BCUT2D eigenvalue weighted by molar-refractivity contribution is 6.31. The van der Waals surface area contributed by atoms with Crippen LogP contribution in [0.1, 0.15) is 22.6 Å². The molecule has 0 unspecified atom stereocenters. The Labute approximate surface area is 183 Å². The molecule has 154 valence electrons. The van der Waals surface area contributed by atoms with E-state index in [0.29, 0.717) is 35.2 Å². The van der Waals surface area contributed by atoms with Gasteiger partial charge in [-0.3, -0.25) is 9.36 Å². The highest BCUT2D eigenvalue weighted by Gasteiger charge is 2.42. The van der Waals surface area contributed by atoms with Gasteiger partial charge in [-0.05, 0) is 48.9 Å². The SMILES string of the molecule is Cc1c(Cl)ccc2c1[C@@H]1c3c(c4cccnc4n(-c4ccccc4)c3=O)OC[C@@H]1CO2. The summed E-state index contributed by atoms with van der Waals surface area (Å²) in [4.78, 5) is 18.6. The number of benzene rings is 2. The maximum Gasteiger partial charge on any atom is 0.264 e. The number of nitrogens with zero attached hydrogens (tertiary/aromatic N) is 2. The number of aromatic nitrogens is 2. The maximum absolute atomic E-state index is 14.1. The number of fused-ring (bicyclic) bond motifs is 7. The zero-order chi connectivity index (χ0) is 21.1. The number of hydrogen-bond acceptors (Lipinski definition) is 4. The molecule has 0 amide bonds. The van der Waals surface area contributed by atoms with Gasteiger partial charge in [0.2, 0.25) is 0 Å². The molecule has 5 nitrogen and oxygen atoms in total. The summed E-state index contributed by atoms with van der Waals surface area (Å²) in [6.45, 7) is 2.95. The van der Waals surface area contributed by atoms with Crippen molar-refractivity contribution in [3.05, 3.63) is 92.9 Å². The van der Waals surface area contributed by atoms with Crippen LogP contribution in [-0.2, 0) is 0 Å². The molecule has 0 saturated carbocycles. The number of pyridine rings is 2. The molecule has 6 rings (SSSR count). The van der Waals surface area contributed by atoms with Gasteiger partial charge in [-0.2, -0.15) is 0 Å². The molecular formula is C25H19ClN2O3. The van der Waals surface area contributed by atoms with Crippen LogP contribution in [0.2, 0.25) is 5.02 Å². The molecule has 0 fully saturated rings. The van der Waals surface area contributed by atoms with Crippen LogP contribution in [0.3, 0.4) is 0 Å². The highest BCUT2D eigenvalue weighted by Crippen LogP contribution is 2.49. The van der Waals surface area contributed by atoms with Crippen molar-refractivity contribution in [2.45, 2.75) is 12.8 Å². The van der Waals surface area contributed by atoms with Crippen LogP contribution in [0.15, 0.2) is 65.6 Å². The molecule has 4 heterocycles. The molecule has 4 aromatic rings. The van der Waals surface area contributed by atoms with Crippen LogP contribution in [-0.4, -0.2) is 22.8 Å². The van der Waals surface area contributed by atoms with Crippen molar-refractivity contribution in [2.24, 2.45) is 5.92 Å². The molecule has 2 aromatic heterocycles. The minimum Gasteiger partial charge on any atom is -0.493 e. The average Bonchev–Trinajstić information content (AvgIpc) is 2.81. The average molecular weight is 431 g/mol. The second kappa shape index (κ2) is 6.86. The lowest BCUT2D eigenvalue weighted by molar-refractivity contribution is 0.126. The van der Waals surface area contributed by atoms with E-state index in [9.17, 15) is 4.79 Å². The minimum atomic E-state index is -0.154. The Balaban J connectivity index is 1.74. The lowest BCUT2D eigenvalue weighted by Gasteiger charge is -2.39. The Bertz CT molecular complexity index is 1400. The first-order chi connectivity index (χ1) is 15.1. The third-order valence-corrected chi connectivity index (χ3v) is 6.74. The van der Waals surface area contributed by atoms with Crippen LogP contribution in [0.5, 0.6) is 11.5 Å². The number of halogens is 1. The minimum absolute atomic E-state index is 0.0308. The Morgan fingerprint density at radius 3 is 2.65 bits per heavy atom. The Kier molecular flexibility index (Phi) is 4.08. The van der Waals surface area contributed by atoms with E-state index in [1.54, 1.807) is 10.8 Å². The molecule has 0 radical (unpaired) electrons. The second-order valence-electron chi connectivity index (χ2n) is 8.04. The van der Waals surface area contributed by atoms with E-state index >= 15 is 0 Å². The van der Waals surface area contributed by atoms with E-state index in [-0.39, 0.29) is 17.4 Å². The first-order valence-corrected chi connectivity index (χ1v) is 10.7. The van der Waals surface area contributed by atoms with Crippen molar-refractivity contribution in [3.63, 3.8) is 0 Å². The summed E-state index contributed by atoms with van der Waals surface area (Å²) in [6, 6.07) is 17.2. The Morgan fingerprint density at radius 1 is 1.00 bits per heavy atom. The fourth-order valence-electron chi connectivity index (χ4n) is 4.89. The van der Waals surface area contributed by atoms with E-state index < -0.39 is 0 Å². The molecule has 2 aliphatic rings. The Morgan fingerprint density at radius 2 is 1.81 bits per heavy atom. The molecule has 0 aliphatic carbocycles. The van der Waals surface area contributed by atoms with Crippen LogP contribution in [0, 0.1) is 12.8 Å². The standard InChI is InChI=1S/C25H19ClN2O3/c1-14-18(26)9-10-19-20(14)21-15(12-30-19)13-31-23-17-8-5-11-27-24(17)28(25(29)22(21)23)16-6-3-2-4-7-16/h2-11,15,21H,12-13H2,1H3/t15-,21+/m0/s1. The number of hydrogen-bond donors (Lipinski definition) is 0. The zero-order valence-electron chi connectivity index (χ0n) is 16.8. The molecule has 2 aliphatic heterocycles. The monoisotopic (exact) mass is 430 g/mol. The topological polar surface area (TPSA) is 53.4 Å². The molecule has 0 bridgehead atoms. The number of para-hydroxylation sites is 1. The summed E-state index contributed by atoms with van der Waals surface area (Å²) >= 11 is 6.49. The van der Waals surface area contributed by atoms with Crippen molar-refractivity contribution in [2.75, 3.05) is 13.2 Å². The molecule has 2 aromatic carbocycles. The first-order valence-electron chi connectivity index (χ1n) is 10.3. The largest absolute Gasteiger partial charge is 0.493 e. The van der Waals surface area contributed by atoms with Crippen LogP contribution in [0.4, 0.5) is 0 Å². The third-order valence-electron chi connectivity index (χ3n) is 6.33. The molecule has 0 saturated heterocycles. The van der Waals surface area contributed by atoms with E-state index in [4.69, 9.17) is 21.1 Å². The molecule has 0 spiro atoms. The molecule has 31 heavy (non-hydrogen) atoms. The van der Waals surface area contributed by atoms with E-state index in [1.165, 1.54) is 0 Å². The van der Waals surface area contributed by atoms with E-state index in [0.717, 1.165) is 28.0 Å². The maximum atomic E-state index is 14.1. The van der Waals surface area contributed by atoms with Gasteiger partial charge in [-0.25, -0.2) is 4.98 Å². The van der Waals surface area contributed by atoms with E-state index in [1.807, 2.05) is 61.5 Å². The molecule has 0 N–H and O–H groups in total. The fraction of sp³-hybridized carbons (Fsp3) is 0.200. The predicted octanol–water partition coefficient (Wildman–Crippen LogP) is 4.88. The lowest BCUT2D eigenvalue weighted by atomic mass is 9.76. The summed E-state index contributed by atoms with van der Waals surface area (Å²) in [7, 11) is 0. The van der Waals surface area contributed by atoms with Gasteiger partial charge < -0.3 is 9.47 Å². The van der Waals surface area contributed by atoms with Crippen molar-refractivity contribution in [1.29, 1.82) is 0 Å². The molecular weight excluding hydrogens is 412 g/mol. The fourth-order valence-corrected chi connectivity index (χ4v) is 5.06. The lowest BCUT2D eigenvalue weighted by Crippen LogP contribution is -2.40. The summed E-state index contributed by atoms with van der Waals surface area (Å²) in [5, 5.41) is 1.49. The number of ether oxygens (including phenoxy) is 2. The van der Waals surface area contributed by atoms with Crippen molar-refractivity contribution >= 4 is 22.6 Å². The summed E-state index contributed by atoms with van der Waals surface area (Å²) in [6.07, 6.45) is 1.70. The van der Waals surface area contributed by atoms with Gasteiger partial charge in [0, 0.05) is 28.6 Å². The van der Waals surface area contributed by atoms with Gasteiger partial charge >= 0.3 is 0 Å². The first kappa shape index (κ1) is 18.5. The van der Waals surface area contributed by atoms with Gasteiger partial charge in [0.05, 0.1) is 29.9 Å². The van der Waals surface area contributed by atoms with Gasteiger partial charge in [0.1, 0.15) is 11.5 Å². The van der Waals surface area contributed by atoms with Crippen molar-refractivity contribution in [1.82, 2.24) is 9.55 Å². The zero-order valence-corrected chi connectivity index (χ0v) is 17.6. The van der Waals surface area contributed by atoms with Crippen molar-refractivity contribution < 1.29 is 9.47 Å². The Hall–Kier alpha value is -3.31. The van der Waals surface area contributed by atoms with Gasteiger partial charge in [-0.15, -0.1) is 0 Å². The summed E-state index contributed by atoms with van der Waals surface area (Å²) < 4.78 is 13.9. The van der Waals surface area contributed by atoms with E-state index in [2.05, 4.69) is 4.98 Å². The van der Waals surface area contributed by atoms with Gasteiger partial charge in [0.25, 0.3) is 5.56 Å². The molecule has 6 heteroatoms. The summed E-state index contributed by atoms with van der Waals surface area (Å²) in [5.41, 5.74) is 3.82.